The molecule has 0 aliphatic carbocycles. The van der Waals surface area contributed by atoms with Gasteiger partial charge in [0.25, 0.3) is 0 Å². The van der Waals surface area contributed by atoms with Gasteiger partial charge in [-0.2, -0.15) is 0 Å². The second-order valence-corrected chi connectivity index (χ2v) is 6.39. The largest absolute Gasteiger partial charge is 0.316 e. The fourth-order valence-electron chi connectivity index (χ4n) is 3.60. The Kier molecular flexibility index (Phi) is 4.62. The van der Waals surface area contributed by atoms with Crippen LogP contribution in [0.25, 0.3) is 0 Å². The molecule has 1 aliphatic heterocycles. The summed E-state index contributed by atoms with van der Waals surface area (Å²) < 4.78 is 0. The summed E-state index contributed by atoms with van der Waals surface area (Å²) in [5.74, 6) is 1.67. The maximum atomic E-state index is 6.45. The van der Waals surface area contributed by atoms with Gasteiger partial charge >= 0.3 is 0 Å². The monoisotopic (exact) mass is 299 g/mol. The van der Waals surface area contributed by atoms with Crippen molar-refractivity contribution in [2.45, 2.75) is 25.2 Å². The van der Waals surface area contributed by atoms with E-state index < -0.39 is 0 Å². The van der Waals surface area contributed by atoms with Crippen LogP contribution in [0, 0.1) is 5.92 Å². The third-order valence-electron chi connectivity index (χ3n) is 4.81. The number of piperidine rings is 1. The van der Waals surface area contributed by atoms with Gasteiger partial charge in [-0.05, 0) is 42.0 Å². The molecule has 2 aromatic rings. The lowest BCUT2D eigenvalue weighted by Crippen LogP contribution is -2.37. The fourth-order valence-corrected chi connectivity index (χ4v) is 3.87. The molecule has 110 valence electrons. The number of nitrogens with one attached hydrogen (secondary N) is 1. The van der Waals surface area contributed by atoms with E-state index in [0.717, 1.165) is 18.1 Å². The molecule has 1 heterocycles. The first-order chi connectivity index (χ1) is 10.3. The number of hydrogen-bond acceptors (Lipinski definition) is 1. The summed E-state index contributed by atoms with van der Waals surface area (Å²) in [4.78, 5) is 0. The SMILES string of the molecule is CC(c1ccccc1)C1CCNCC1c1ccccc1Cl. The summed E-state index contributed by atoms with van der Waals surface area (Å²) in [5, 5.41) is 4.44. The van der Waals surface area contributed by atoms with Gasteiger partial charge in [0, 0.05) is 17.5 Å². The van der Waals surface area contributed by atoms with Crippen LogP contribution in [0.1, 0.15) is 36.3 Å². The molecule has 0 bridgehead atoms. The van der Waals surface area contributed by atoms with Gasteiger partial charge in [-0.1, -0.05) is 67.1 Å². The number of benzene rings is 2. The smallest absolute Gasteiger partial charge is 0.0441 e. The molecule has 0 radical (unpaired) electrons. The molecule has 3 unspecified atom stereocenters. The molecule has 3 atom stereocenters. The number of hydrogen-bond donors (Lipinski definition) is 1. The average molecular weight is 300 g/mol. The van der Waals surface area contributed by atoms with Crippen molar-refractivity contribution in [3.63, 3.8) is 0 Å². The Balaban J connectivity index is 1.90. The average Bonchev–Trinajstić information content (AvgIpc) is 2.55. The molecule has 0 amide bonds. The van der Waals surface area contributed by atoms with Crippen molar-refractivity contribution in [2.24, 2.45) is 5.92 Å². The van der Waals surface area contributed by atoms with E-state index in [0.29, 0.717) is 17.8 Å². The van der Waals surface area contributed by atoms with Crippen LogP contribution in [0.5, 0.6) is 0 Å². The lowest BCUT2D eigenvalue weighted by molar-refractivity contribution is 0.285. The molecule has 3 rings (SSSR count). The molecule has 2 heteroatoms. The van der Waals surface area contributed by atoms with E-state index in [9.17, 15) is 0 Å². The Morgan fingerprint density at radius 3 is 2.52 bits per heavy atom. The van der Waals surface area contributed by atoms with Crippen molar-refractivity contribution in [1.29, 1.82) is 0 Å². The van der Waals surface area contributed by atoms with Gasteiger partial charge in [0.2, 0.25) is 0 Å². The van der Waals surface area contributed by atoms with Crippen molar-refractivity contribution in [3.8, 4) is 0 Å². The normalized spacial score (nSPS) is 23.7. The molecule has 21 heavy (non-hydrogen) atoms. The van der Waals surface area contributed by atoms with Crippen LogP contribution in [-0.2, 0) is 0 Å². The highest BCUT2D eigenvalue weighted by atomic mass is 35.5. The van der Waals surface area contributed by atoms with E-state index in [1.54, 1.807) is 0 Å². The molecule has 1 fully saturated rings. The first-order valence-corrected chi connectivity index (χ1v) is 8.15. The zero-order chi connectivity index (χ0) is 14.7. The van der Waals surface area contributed by atoms with Gasteiger partial charge in [-0.15, -0.1) is 0 Å². The van der Waals surface area contributed by atoms with Crippen molar-refractivity contribution in [3.05, 3.63) is 70.7 Å². The lowest BCUT2D eigenvalue weighted by Gasteiger charge is -2.37. The Morgan fingerprint density at radius 1 is 1.05 bits per heavy atom. The summed E-state index contributed by atoms with van der Waals surface area (Å²) in [6, 6.07) is 19.2. The summed E-state index contributed by atoms with van der Waals surface area (Å²) in [5.41, 5.74) is 2.72. The predicted octanol–water partition coefficient (Wildman–Crippen LogP) is 4.84. The Labute approximate surface area is 132 Å². The van der Waals surface area contributed by atoms with Crippen LogP contribution >= 0.6 is 11.6 Å². The van der Waals surface area contributed by atoms with E-state index in [1.165, 1.54) is 17.5 Å². The third-order valence-corrected chi connectivity index (χ3v) is 5.15. The standard InChI is InChI=1S/C19H22ClN/c1-14(15-7-3-2-4-8-15)16-11-12-21-13-18(16)17-9-5-6-10-19(17)20/h2-10,14,16,18,21H,11-13H2,1H3. The van der Waals surface area contributed by atoms with Gasteiger partial charge in [-0.3, -0.25) is 0 Å². The van der Waals surface area contributed by atoms with Gasteiger partial charge < -0.3 is 5.32 Å². The molecule has 1 nitrogen and oxygen atoms in total. The molecular weight excluding hydrogens is 278 g/mol. The Morgan fingerprint density at radius 2 is 1.76 bits per heavy atom. The highest BCUT2D eigenvalue weighted by molar-refractivity contribution is 6.31. The zero-order valence-electron chi connectivity index (χ0n) is 12.4. The first-order valence-electron chi connectivity index (χ1n) is 7.77. The number of rotatable bonds is 3. The summed E-state index contributed by atoms with van der Waals surface area (Å²) >= 11 is 6.45. The zero-order valence-corrected chi connectivity index (χ0v) is 13.2. The third kappa shape index (κ3) is 3.14. The molecule has 1 N–H and O–H groups in total. The van der Waals surface area contributed by atoms with Gasteiger partial charge in [-0.25, -0.2) is 0 Å². The molecular formula is C19H22ClN. The maximum Gasteiger partial charge on any atom is 0.0441 e. The Bertz CT molecular complexity index is 581. The summed E-state index contributed by atoms with van der Waals surface area (Å²) in [6.45, 7) is 4.48. The second kappa shape index (κ2) is 6.64. The van der Waals surface area contributed by atoms with Crippen LogP contribution in [0.15, 0.2) is 54.6 Å². The second-order valence-electron chi connectivity index (χ2n) is 5.98. The van der Waals surface area contributed by atoms with Crippen molar-refractivity contribution >= 4 is 11.6 Å². The molecule has 1 saturated heterocycles. The highest BCUT2D eigenvalue weighted by Crippen LogP contribution is 2.41. The van der Waals surface area contributed by atoms with Crippen molar-refractivity contribution in [1.82, 2.24) is 5.32 Å². The van der Waals surface area contributed by atoms with Gasteiger partial charge in [0.15, 0.2) is 0 Å². The Hall–Kier alpha value is -1.31. The van der Waals surface area contributed by atoms with E-state index in [1.807, 2.05) is 12.1 Å². The molecule has 0 saturated carbocycles. The van der Waals surface area contributed by atoms with E-state index in [4.69, 9.17) is 11.6 Å². The van der Waals surface area contributed by atoms with E-state index in [2.05, 4.69) is 54.7 Å². The molecule has 0 aromatic heterocycles. The predicted molar refractivity (Wildman–Crippen MR) is 90.0 cm³/mol. The van der Waals surface area contributed by atoms with E-state index >= 15 is 0 Å². The highest BCUT2D eigenvalue weighted by Gasteiger charge is 2.32. The topological polar surface area (TPSA) is 12.0 Å². The molecule has 0 spiro atoms. The fraction of sp³-hybridized carbons (Fsp3) is 0.368. The quantitative estimate of drug-likeness (QED) is 0.855. The number of halogens is 1. The van der Waals surface area contributed by atoms with Gasteiger partial charge in [0.05, 0.1) is 0 Å². The first kappa shape index (κ1) is 14.6. The maximum absolute atomic E-state index is 6.45. The van der Waals surface area contributed by atoms with Crippen LogP contribution in [-0.4, -0.2) is 13.1 Å². The van der Waals surface area contributed by atoms with E-state index in [-0.39, 0.29) is 0 Å². The molecule has 2 aromatic carbocycles. The summed E-state index contributed by atoms with van der Waals surface area (Å²) in [7, 11) is 0. The minimum Gasteiger partial charge on any atom is -0.316 e. The summed E-state index contributed by atoms with van der Waals surface area (Å²) in [6.07, 6.45) is 1.20. The minimum atomic E-state index is 0.489. The lowest BCUT2D eigenvalue weighted by atomic mass is 9.72. The van der Waals surface area contributed by atoms with Crippen LogP contribution in [0.2, 0.25) is 5.02 Å². The van der Waals surface area contributed by atoms with Gasteiger partial charge in [0.1, 0.15) is 0 Å². The van der Waals surface area contributed by atoms with Crippen molar-refractivity contribution < 1.29 is 0 Å². The molecule has 1 aliphatic rings. The van der Waals surface area contributed by atoms with Crippen LogP contribution in [0.4, 0.5) is 0 Å². The van der Waals surface area contributed by atoms with Crippen LogP contribution in [0.3, 0.4) is 0 Å². The van der Waals surface area contributed by atoms with Crippen LogP contribution < -0.4 is 5.32 Å². The minimum absolute atomic E-state index is 0.489. The van der Waals surface area contributed by atoms with Crippen molar-refractivity contribution in [2.75, 3.05) is 13.1 Å².